The Morgan fingerprint density at radius 2 is 0.833 bits per heavy atom. The molecule has 0 rings (SSSR count). The van der Waals surface area contributed by atoms with Crippen LogP contribution in [-0.4, -0.2) is 51.3 Å². The van der Waals surface area contributed by atoms with Gasteiger partial charge >= 0.3 is 9.05 Å². The predicted octanol–water partition coefficient (Wildman–Crippen LogP) is -2.99. The summed E-state index contributed by atoms with van der Waals surface area (Å²) < 4.78 is 0. The van der Waals surface area contributed by atoms with E-state index in [9.17, 15) is 0 Å². The molecule has 0 saturated carbocycles. The molecule has 0 aromatic rings. The van der Waals surface area contributed by atoms with Crippen molar-refractivity contribution in [2.45, 2.75) is 0 Å². The molecule has 0 atom stereocenters. The maximum Gasteiger partial charge on any atom is 0.668 e. The topological polar surface area (TPSA) is 80.9 Å². The second kappa shape index (κ2) is 2.91. The van der Waals surface area contributed by atoms with Gasteiger partial charge in [-0.1, -0.05) is 0 Å². The van der Waals surface area contributed by atoms with E-state index in [1.54, 1.807) is 0 Å². The zero-order chi connectivity index (χ0) is 4.50. The molecule has 0 bridgehead atoms. The van der Waals surface area contributed by atoms with Gasteiger partial charge in [-0.15, -0.1) is 0 Å². The Bertz CT molecular complexity index is 23.0. The van der Waals surface area contributed by atoms with Gasteiger partial charge in [-0.25, -0.2) is 0 Å². The Hall–Kier alpha value is 0.823. The molecular weight excluding hydrogens is 116 g/mol. The highest BCUT2D eigenvalue weighted by molar-refractivity contribution is 6.46. The van der Waals surface area contributed by atoms with Gasteiger partial charge in [0, 0.05) is 23.1 Å². The van der Waals surface area contributed by atoms with Crippen molar-refractivity contribution in [2.75, 3.05) is 0 Å². The minimum absolute atomic E-state index is 0. The van der Waals surface area contributed by atoms with Gasteiger partial charge in [0.1, 0.15) is 0 Å². The Balaban J connectivity index is 0. The van der Waals surface area contributed by atoms with Crippen molar-refractivity contribution in [2.24, 2.45) is 0 Å². The summed E-state index contributed by atoms with van der Waals surface area (Å²) >= 11 is 0. The maximum atomic E-state index is 7.33. The van der Waals surface area contributed by atoms with Crippen LogP contribution in [0.2, 0.25) is 0 Å². The average molecular weight is 120 g/mol. The summed E-state index contributed by atoms with van der Waals surface area (Å²) in [6, 6.07) is 0. The summed E-state index contributed by atoms with van der Waals surface area (Å²) in [6.45, 7) is 0. The van der Waals surface area contributed by atoms with Crippen LogP contribution in [0.15, 0.2) is 0 Å². The third-order valence-electron chi connectivity index (χ3n) is 0. The van der Waals surface area contributed by atoms with Crippen LogP contribution in [0.3, 0.4) is 0 Å². The highest BCUT2D eigenvalue weighted by atomic mass is 28.4. The fourth-order valence-corrected chi connectivity index (χ4v) is 0. The van der Waals surface area contributed by atoms with E-state index in [0.717, 1.165) is 0 Å². The molecule has 4 N–H and O–H groups in total. The Kier molecular flexibility index (Phi) is 4.82. The summed E-state index contributed by atoms with van der Waals surface area (Å²) in [7, 11) is -4.61. The molecule has 2 radical (unpaired) electrons. The van der Waals surface area contributed by atoms with E-state index in [-0.39, 0.29) is 23.1 Å². The smallest absolute Gasteiger partial charge is 0.368 e. The predicted molar refractivity (Wildman–Crippen MR) is 20.4 cm³/mol. The van der Waals surface area contributed by atoms with Crippen LogP contribution < -0.4 is 0 Å². The normalized spacial score (nSPS) is 10.0. The van der Waals surface area contributed by atoms with Crippen LogP contribution >= 0.6 is 0 Å². The van der Waals surface area contributed by atoms with E-state index < -0.39 is 9.05 Å². The largest absolute Gasteiger partial charge is 0.668 e. The Labute approximate surface area is 51.7 Å². The van der Waals surface area contributed by atoms with Gasteiger partial charge in [-0.3, -0.25) is 0 Å². The molecule has 0 fully saturated rings. The first-order valence-corrected chi connectivity index (χ1v) is 2.68. The quantitative estimate of drug-likeness (QED) is 0.257. The lowest BCUT2D eigenvalue weighted by Crippen LogP contribution is -2.33. The lowest BCUT2D eigenvalue weighted by molar-refractivity contribution is 0.117. The molecule has 6 heteroatoms. The van der Waals surface area contributed by atoms with Crippen molar-refractivity contribution in [1.29, 1.82) is 0 Å². The molecule has 0 spiro atoms. The van der Waals surface area contributed by atoms with Crippen LogP contribution in [0, 0.1) is 0 Å². The van der Waals surface area contributed by atoms with Gasteiger partial charge in [-0.05, 0) is 0 Å². The minimum atomic E-state index is -4.61. The zero-order valence-electron chi connectivity index (χ0n) is 3.00. The fourth-order valence-electron chi connectivity index (χ4n) is 0. The van der Waals surface area contributed by atoms with Crippen LogP contribution in [0.1, 0.15) is 0 Å². The molecule has 0 unspecified atom stereocenters. The highest BCUT2D eigenvalue weighted by Crippen LogP contribution is 1.67. The van der Waals surface area contributed by atoms with Crippen molar-refractivity contribution in [3.8, 4) is 0 Å². The average Bonchev–Trinajstić information content (AvgIpc) is 0.722. The summed E-state index contributed by atoms with van der Waals surface area (Å²) in [5.41, 5.74) is 0. The van der Waals surface area contributed by atoms with E-state index in [2.05, 4.69) is 0 Å². The van der Waals surface area contributed by atoms with Crippen LogP contribution in [-0.2, 0) is 0 Å². The monoisotopic (exact) mass is 120 g/mol. The molecule has 0 aromatic heterocycles. The minimum Gasteiger partial charge on any atom is -0.368 e. The third kappa shape index (κ3) is 104. The second-order valence-corrected chi connectivity index (χ2v) is 1.80. The summed E-state index contributed by atoms with van der Waals surface area (Å²) in [5, 5.41) is 0. The van der Waals surface area contributed by atoms with Crippen LogP contribution in [0.4, 0.5) is 0 Å². The summed E-state index contributed by atoms with van der Waals surface area (Å²) in [5.74, 6) is 0. The molecule has 0 heterocycles. The van der Waals surface area contributed by atoms with Gasteiger partial charge in [0.25, 0.3) is 0 Å². The number of hydrogen-bond donors (Lipinski definition) is 4. The maximum absolute atomic E-state index is 7.33. The SMILES string of the molecule is O[Si](O)(O)O.[Mg]. The van der Waals surface area contributed by atoms with Gasteiger partial charge < -0.3 is 19.2 Å². The zero-order valence-corrected chi connectivity index (χ0v) is 5.41. The van der Waals surface area contributed by atoms with Crippen LogP contribution in [0.5, 0.6) is 0 Å². The van der Waals surface area contributed by atoms with Gasteiger partial charge in [0.2, 0.25) is 0 Å². The Morgan fingerprint density at radius 3 is 0.833 bits per heavy atom. The van der Waals surface area contributed by atoms with Crippen LogP contribution in [0.25, 0.3) is 0 Å². The molecule has 34 valence electrons. The van der Waals surface area contributed by atoms with Gasteiger partial charge in [-0.2, -0.15) is 0 Å². The van der Waals surface area contributed by atoms with E-state index >= 15 is 0 Å². The molecule has 0 aliphatic rings. The van der Waals surface area contributed by atoms with Gasteiger partial charge in [0.05, 0.1) is 0 Å². The fraction of sp³-hybridized carbons (Fsp3) is 0. The summed E-state index contributed by atoms with van der Waals surface area (Å²) in [6.07, 6.45) is 0. The van der Waals surface area contributed by atoms with E-state index in [0.29, 0.717) is 0 Å². The van der Waals surface area contributed by atoms with E-state index in [1.807, 2.05) is 0 Å². The van der Waals surface area contributed by atoms with Crippen molar-refractivity contribution in [1.82, 2.24) is 0 Å². The highest BCUT2D eigenvalue weighted by Gasteiger charge is 2.22. The molecule has 0 aromatic carbocycles. The van der Waals surface area contributed by atoms with Crippen molar-refractivity contribution >= 4 is 32.1 Å². The molecule has 0 aliphatic carbocycles. The van der Waals surface area contributed by atoms with Crippen molar-refractivity contribution in [3.05, 3.63) is 0 Å². The first kappa shape index (κ1) is 9.95. The third-order valence-corrected chi connectivity index (χ3v) is 0. The molecule has 0 aliphatic heterocycles. The van der Waals surface area contributed by atoms with Crippen molar-refractivity contribution in [3.63, 3.8) is 0 Å². The standard InChI is InChI=1S/Mg.H4O4Si/c;1-5(2,3)4/h;1-4H. The summed E-state index contributed by atoms with van der Waals surface area (Å²) in [4.78, 5) is 29.3. The molecule has 6 heavy (non-hydrogen) atoms. The Morgan fingerprint density at radius 1 is 0.833 bits per heavy atom. The molecule has 0 saturated heterocycles. The second-order valence-electron chi connectivity index (χ2n) is 0.600. The number of hydrogen-bond acceptors (Lipinski definition) is 4. The van der Waals surface area contributed by atoms with Gasteiger partial charge in [0.15, 0.2) is 0 Å². The number of rotatable bonds is 0. The molecule has 0 amide bonds. The van der Waals surface area contributed by atoms with E-state index in [4.69, 9.17) is 19.2 Å². The van der Waals surface area contributed by atoms with E-state index in [1.165, 1.54) is 0 Å². The lowest BCUT2D eigenvalue weighted by atomic mass is 15.7. The molecule has 4 nitrogen and oxygen atoms in total. The first-order valence-electron chi connectivity index (χ1n) is 0.894. The first-order chi connectivity index (χ1) is 2.00. The molecular formula is H4MgO4Si. The lowest BCUT2D eigenvalue weighted by Gasteiger charge is -1.91. The van der Waals surface area contributed by atoms with Crippen molar-refractivity contribution < 1.29 is 19.2 Å².